The van der Waals surface area contributed by atoms with Gasteiger partial charge in [0.2, 0.25) is 0 Å². The number of allylic oxidation sites excluding steroid dienone is 1. The van der Waals surface area contributed by atoms with Crippen LogP contribution in [-0.4, -0.2) is 18.9 Å². The summed E-state index contributed by atoms with van der Waals surface area (Å²) in [5.74, 6) is 0.109. The first-order chi connectivity index (χ1) is 5.34. The molecular weight excluding hydrogens is 144 g/mol. The normalized spacial score (nSPS) is 17.5. The lowest BCUT2D eigenvalue weighted by atomic mass is 9.99. The number of carbonyl (C=O) groups is 2. The number of Topliss-reactive ketones (excluding diaryl/α,β-unsaturated/α-hetero) is 1. The maximum Gasteiger partial charge on any atom is 0.293 e. The van der Waals surface area contributed by atoms with Crippen molar-refractivity contribution in [2.75, 3.05) is 6.61 Å². The van der Waals surface area contributed by atoms with Crippen LogP contribution in [0.3, 0.4) is 0 Å². The van der Waals surface area contributed by atoms with Crippen molar-refractivity contribution in [2.45, 2.75) is 19.3 Å². The highest BCUT2D eigenvalue weighted by Crippen LogP contribution is 2.13. The van der Waals surface area contributed by atoms with Gasteiger partial charge in [-0.25, -0.2) is 0 Å². The van der Waals surface area contributed by atoms with Gasteiger partial charge < -0.3 is 4.74 Å². The smallest absolute Gasteiger partial charge is 0.293 e. The van der Waals surface area contributed by atoms with E-state index in [0.717, 1.165) is 12.8 Å². The summed E-state index contributed by atoms with van der Waals surface area (Å²) in [7, 11) is 0. The summed E-state index contributed by atoms with van der Waals surface area (Å²) in [5.41, 5.74) is 0.642. The maximum atomic E-state index is 11.0. The average Bonchev–Trinajstić information content (AvgIpc) is 2.03. The Hall–Kier alpha value is -1.12. The van der Waals surface area contributed by atoms with Crippen molar-refractivity contribution >= 4 is 12.3 Å². The summed E-state index contributed by atoms with van der Waals surface area (Å²) in [4.78, 5) is 20.8. The van der Waals surface area contributed by atoms with Crippen molar-refractivity contribution in [3.63, 3.8) is 0 Å². The largest absolute Gasteiger partial charge is 0.463 e. The van der Waals surface area contributed by atoms with Gasteiger partial charge in [0.25, 0.3) is 6.47 Å². The van der Waals surface area contributed by atoms with E-state index in [2.05, 4.69) is 4.74 Å². The number of hydrogen-bond acceptors (Lipinski definition) is 3. The molecule has 0 bridgehead atoms. The van der Waals surface area contributed by atoms with Crippen molar-refractivity contribution in [2.24, 2.45) is 0 Å². The molecule has 0 aromatic carbocycles. The second-order valence-corrected chi connectivity index (χ2v) is 2.45. The summed E-state index contributed by atoms with van der Waals surface area (Å²) >= 11 is 0. The lowest BCUT2D eigenvalue weighted by Crippen LogP contribution is -2.11. The van der Waals surface area contributed by atoms with Crippen LogP contribution < -0.4 is 0 Å². The SMILES string of the molecule is O=COCC1=CCCCC1=O. The minimum absolute atomic E-state index is 0.109. The van der Waals surface area contributed by atoms with Gasteiger partial charge in [0.15, 0.2) is 5.78 Å². The maximum absolute atomic E-state index is 11.0. The Morgan fingerprint density at radius 2 is 2.45 bits per heavy atom. The first-order valence-electron chi connectivity index (χ1n) is 3.62. The van der Waals surface area contributed by atoms with Gasteiger partial charge in [-0.15, -0.1) is 0 Å². The van der Waals surface area contributed by atoms with Gasteiger partial charge in [-0.3, -0.25) is 9.59 Å². The molecule has 0 N–H and O–H groups in total. The predicted molar refractivity (Wildman–Crippen MR) is 39.0 cm³/mol. The molecule has 0 aliphatic heterocycles. The second-order valence-electron chi connectivity index (χ2n) is 2.45. The molecule has 0 heterocycles. The first kappa shape index (κ1) is 7.98. The zero-order valence-electron chi connectivity index (χ0n) is 6.21. The van der Waals surface area contributed by atoms with E-state index < -0.39 is 0 Å². The Morgan fingerprint density at radius 1 is 1.64 bits per heavy atom. The van der Waals surface area contributed by atoms with Crippen LogP contribution in [0.2, 0.25) is 0 Å². The van der Waals surface area contributed by atoms with E-state index in [-0.39, 0.29) is 12.4 Å². The molecule has 11 heavy (non-hydrogen) atoms. The number of ether oxygens (including phenoxy) is 1. The molecule has 0 unspecified atom stereocenters. The molecule has 0 spiro atoms. The van der Waals surface area contributed by atoms with Crippen LogP contribution in [0.4, 0.5) is 0 Å². The molecule has 0 aromatic heterocycles. The van der Waals surface area contributed by atoms with Gasteiger partial charge in [0.1, 0.15) is 6.61 Å². The van der Waals surface area contributed by atoms with Crippen LogP contribution in [0.5, 0.6) is 0 Å². The monoisotopic (exact) mass is 154 g/mol. The summed E-state index contributed by atoms with van der Waals surface area (Å²) < 4.78 is 4.47. The Labute approximate surface area is 65.0 Å². The minimum Gasteiger partial charge on any atom is -0.463 e. The molecule has 0 radical (unpaired) electrons. The van der Waals surface area contributed by atoms with Crippen molar-refractivity contribution in [3.05, 3.63) is 11.6 Å². The highest BCUT2D eigenvalue weighted by atomic mass is 16.5. The van der Waals surface area contributed by atoms with E-state index in [1.54, 1.807) is 0 Å². The van der Waals surface area contributed by atoms with Gasteiger partial charge in [-0.1, -0.05) is 6.08 Å². The van der Waals surface area contributed by atoms with Crippen LogP contribution in [0, 0.1) is 0 Å². The topological polar surface area (TPSA) is 43.4 Å². The molecule has 3 heteroatoms. The summed E-state index contributed by atoms with van der Waals surface area (Å²) in [6, 6.07) is 0. The molecule has 0 fully saturated rings. The van der Waals surface area contributed by atoms with Gasteiger partial charge in [-0.05, 0) is 12.8 Å². The fourth-order valence-electron chi connectivity index (χ4n) is 1.08. The highest BCUT2D eigenvalue weighted by molar-refractivity contribution is 5.96. The molecule has 0 atom stereocenters. The minimum atomic E-state index is 0.109. The fourth-order valence-corrected chi connectivity index (χ4v) is 1.08. The summed E-state index contributed by atoms with van der Waals surface area (Å²) in [6.45, 7) is 0.505. The average molecular weight is 154 g/mol. The molecule has 1 aliphatic carbocycles. The van der Waals surface area contributed by atoms with Crippen LogP contribution in [0.15, 0.2) is 11.6 Å². The first-order valence-corrected chi connectivity index (χ1v) is 3.62. The van der Waals surface area contributed by atoms with Crippen LogP contribution >= 0.6 is 0 Å². The predicted octanol–water partition coefficient (Wildman–Crippen LogP) is 0.839. The van der Waals surface area contributed by atoms with Crippen molar-refractivity contribution in [3.8, 4) is 0 Å². The lowest BCUT2D eigenvalue weighted by Gasteiger charge is -2.09. The zero-order valence-corrected chi connectivity index (χ0v) is 6.21. The van der Waals surface area contributed by atoms with Crippen LogP contribution in [-0.2, 0) is 14.3 Å². The van der Waals surface area contributed by atoms with Crippen LogP contribution in [0.1, 0.15) is 19.3 Å². The summed E-state index contributed by atoms with van der Waals surface area (Å²) in [6.07, 6.45) is 4.27. The van der Waals surface area contributed by atoms with E-state index in [1.807, 2.05) is 6.08 Å². The third kappa shape index (κ3) is 2.18. The number of carbonyl (C=O) groups excluding carboxylic acids is 2. The Kier molecular flexibility index (Phi) is 2.83. The standard InChI is InChI=1S/C8H10O3/c9-6-11-5-7-3-1-2-4-8(7)10/h3,6H,1-2,4-5H2. The molecule has 0 amide bonds. The Balaban J connectivity index is 2.46. The second kappa shape index (κ2) is 3.91. The highest BCUT2D eigenvalue weighted by Gasteiger charge is 2.12. The molecule has 0 saturated heterocycles. The zero-order chi connectivity index (χ0) is 8.10. The fraction of sp³-hybridized carbons (Fsp3) is 0.500. The van der Waals surface area contributed by atoms with Gasteiger partial charge >= 0.3 is 0 Å². The molecule has 60 valence electrons. The lowest BCUT2D eigenvalue weighted by molar-refractivity contribution is -0.128. The number of hydrogen-bond donors (Lipinski definition) is 0. The number of rotatable bonds is 3. The van der Waals surface area contributed by atoms with Crippen LogP contribution in [0.25, 0.3) is 0 Å². The van der Waals surface area contributed by atoms with E-state index in [1.165, 1.54) is 0 Å². The van der Waals surface area contributed by atoms with E-state index in [9.17, 15) is 9.59 Å². The quantitative estimate of drug-likeness (QED) is 0.566. The van der Waals surface area contributed by atoms with Gasteiger partial charge in [0.05, 0.1) is 0 Å². The third-order valence-corrected chi connectivity index (χ3v) is 1.66. The molecule has 0 saturated carbocycles. The molecule has 3 nitrogen and oxygen atoms in total. The van der Waals surface area contributed by atoms with E-state index in [4.69, 9.17) is 0 Å². The number of ketones is 1. The summed E-state index contributed by atoms with van der Waals surface area (Å²) in [5, 5.41) is 0. The molecule has 0 aromatic rings. The third-order valence-electron chi connectivity index (χ3n) is 1.66. The molecule has 1 aliphatic rings. The van der Waals surface area contributed by atoms with Crippen molar-refractivity contribution in [1.29, 1.82) is 0 Å². The van der Waals surface area contributed by atoms with E-state index in [0.29, 0.717) is 18.5 Å². The molecular formula is C8H10O3. The van der Waals surface area contributed by atoms with Gasteiger partial charge in [0, 0.05) is 12.0 Å². The van der Waals surface area contributed by atoms with Crippen molar-refractivity contribution in [1.82, 2.24) is 0 Å². The van der Waals surface area contributed by atoms with Crippen molar-refractivity contribution < 1.29 is 14.3 Å². The Bertz CT molecular complexity index is 194. The Morgan fingerprint density at radius 3 is 3.09 bits per heavy atom. The molecule has 1 rings (SSSR count). The van der Waals surface area contributed by atoms with E-state index >= 15 is 0 Å². The van der Waals surface area contributed by atoms with Gasteiger partial charge in [-0.2, -0.15) is 0 Å².